The molecule has 0 bridgehead atoms. The Bertz CT molecular complexity index is 497. The second-order valence-corrected chi connectivity index (χ2v) is 4.20. The molecule has 0 amide bonds. The maximum Gasteiger partial charge on any atom is 0.116 e. The van der Waals surface area contributed by atoms with Crippen molar-refractivity contribution in [2.45, 2.75) is 18.9 Å². The third kappa shape index (κ3) is 1.35. The highest BCUT2D eigenvalue weighted by atomic mass is 16.6. The van der Waals surface area contributed by atoms with Gasteiger partial charge in [-0.25, -0.2) is 0 Å². The highest BCUT2D eigenvalue weighted by Gasteiger charge is 2.44. The summed E-state index contributed by atoms with van der Waals surface area (Å²) in [6.07, 6.45) is 1.06. The zero-order valence-corrected chi connectivity index (χ0v) is 8.86. The summed E-state index contributed by atoms with van der Waals surface area (Å²) >= 11 is 0. The Kier molecular flexibility index (Phi) is 1.83. The van der Waals surface area contributed by atoms with Crippen molar-refractivity contribution in [2.24, 2.45) is 0 Å². The molecule has 0 spiro atoms. The molecule has 15 heavy (non-hydrogen) atoms. The predicted molar refractivity (Wildman–Crippen MR) is 61.9 cm³/mol. The number of rotatable bonds is 2. The van der Waals surface area contributed by atoms with Crippen molar-refractivity contribution in [3.8, 4) is 0 Å². The zero-order chi connectivity index (χ0) is 10.3. The van der Waals surface area contributed by atoms with Crippen LogP contribution in [0.5, 0.6) is 0 Å². The molecule has 1 aliphatic heterocycles. The van der Waals surface area contributed by atoms with Gasteiger partial charge in [0.25, 0.3) is 0 Å². The van der Waals surface area contributed by atoms with E-state index < -0.39 is 0 Å². The van der Waals surface area contributed by atoms with Gasteiger partial charge in [-0.3, -0.25) is 0 Å². The molecular formula is C14H14O. The van der Waals surface area contributed by atoms with Gasteiger partial charge in [0, 0.05) is 0 Å². The molecule has 2 aromatic carbocycles. The number of fused-ring (bicyclic) bond motifs is 1. The van der Waals surface area contributed by atoms with Gasteiger partial charge in [0.1, 0.15) is 5.60 Å². The number of benzene rings is 2. The van der Waals surface area contributed by atoms with Gasteiger partial charge in [-0.1, -0.05) is 43.3 Å². The Morgan fingerprint density at radius 1 is 1.13 bits per heavy atom. The summed E-state index contributed by atoms with van der Waals surface area (Å²) in [5.41, 5.74) is 1.35. The number of hydrogen-bond acceptors (Lipinski definition) is 1. The lowest BCUT2D eigenvalue weighted by Crippen LogP contribution is -2.06. The van der Waals surface area contributed by atoms with Crippen molar-refractivity contribution < 1.29 is 4.74 Å². The molecule has 0 N–H and O–H groups in total. The maximum atomic E-state index is 5.58. The van der Waals surface area contributed by atoms with Gasteiger partial charge in [0.2, 0.25) is 0 Å². The minimum absolute atomic E-state index is 0.0318. The number of hydrogen-bond donors (Lipinski definition) is 0. The van der Waals surface area contributed by atoms with Gasteiger partial charge in [0.05, 0.1) is 6.61 Å². The fourth-order valence-corrected chi connectivity index (χ4v) is 2.13. The summed E-state index contributed by atoms with van der Waals surface area (Å²) in [5, 5.41) is 2.60. The van der Waals surface area contributed by atoms with E-state index in [4.69, 9.17) is 4.74 Å². The van der Waals surface area contributed by atoms with Crippen LogP contribution < -0.4 is 0 Å². The average Bonchev–Trinajstić information content (AvgIpc) is 3.09. The van der Waals surface area contributed by atoms with Crippen LogP contribution in [0, 0.1) is 0 Å². The first kappa shape index (κ1) is 8.93. The summed E-state index contributed by atoms with van der Waals surface area (Å²) in [7, 11) is 0. The maximum absolute atomic E-state index is 5.58. The van der Waals surface area contributed by atoms with Crippen LogP contribution in [0.25, 0.3) is 10.8 Å². The minimum Gasteiger partial charge on any atom is -0.365 e. The first-order valence-electron chi connectivity index (χ1n) is 5.47. The SMILES string of the molecule is CCC1(c2ccc3ccccc3c2)CO1. The normalized spacial score (nSPS) is 24.3. The van der Waals surface area contributed by atoms with E-state index in [-0.39, 0.29) is 5.60 Å². The molecule has 0 saturated carbocycles. The second kappa shape index (κ2) is 3.07. The van der Waals surface area contributed by atoms with Gasteiger partial charge in [-0.05, 0) is 28.8 Å². The van der Waals surface area contributed by atoms with E-state index in [1.165, 1.54) is 16.3 Å². The Labute approximate surface area is 89.7 Å². The van der Waals surface area contributed by atoms with E-state index in [0.29, 0.717) is 0 Å². The average molecular weight is 198 g/mol. The van der Waals surface area contributed by atoms with Gasteiger partial charge in [0.15, 0.2) is 0 Å². The van der Waals surface area contributed by atoms with E-state index in [1.807, 2.05) is 0 Å². The minimum atomic E-state index is 0.0318. The van der Waals surface area contributed by atoms with E-state index >= 15 is 0 Å². The molecule has 2 aromatic rings. The Morgan fingerprint density at radius 3 is 2.53 bits per heavy atom. The molecule has 0 aromatic heterocycles. The summed E-state index contributed by atoms with van der Waals surface area (Å²) in [4.78, 5) is 0. The Morgan fingerprint density at radius 2 is 1.87 bits per heavy atom. The van der Waals surface area contributed by atoms with Crippen molar-refractivity contribution in [2.75, 3.05) is 6.61 Å². The third-order valence-electron chi connectivity index (χ3n) is 3.34. The topological polar surface area (TPSA) is 12.5 Å². The van der Waals surface area contributed by atoms with Crippen LogP contribution in [0.1, 0.15) is 18.9 Å². The number of epoxide rings is 1. The fourth-order valence-electron chi connectivity index (χ4n) is 2.13. The smallest absolute Gasteiger partial charge is 0.116 e. The van der Waals surface area contributed by atoms with Gasteiger partial charge >= 0.3 is 0 Å². The Balaban J connectivity index is 2.14. The molecule has 1 atom stereocenters. The van der Waals surface area contributed by atoms with E-state index in [2.05, 4.69) is 49.4 Å². The second-order valence-electron chi connectivity index (χ2n) is 4.20. The molecule has 0 aliphatic carbocycles. The van der Waals surface area contributed by atoms with E-state index in [1.54, 1.807) is 0 Å². The van der Waals surface area contributed by atoms with Crippen LogP contribution in [0.15, 0.2) is 42.5 Å². The van der Waals surface area contributed by atoms with Crippen molar-refractivity contribution in [1.29, 1.82) is 0 Å². The van der Waals surface area contributed by atoms with Crippen molar-refractivity contribution in [3.05, 3.63) is 48.0 Å². The zero-order valence-electron chi connectivity index (χ0n) is 8.86. The van der Waals surface area contributed by atoms with Crippen LogP contribution in [0.2, 0.25) is 0 Å². The summed E-state index contributed by atoms with van der Waals surface area (Å²) in [6.45, 7) is 3.06. The largest absolute Gasteiger partial charge is 0.365 e. The van der Waals surface area contributed by atoms with Crippen LogP contribution >= 0.6 is 0 Å². The molecule has 76 valence electrons. The van der Waals surface area contributed by atoms with Crippen molar-refractivity contribution in [1.82, 2.24) is 0 Å². The highest BCUT2D eigenvalue weighted by molar-refractivity contribution is 5.83. The molecule has 1 heteroatoms. The van der Waals surface area contributed by atoms with E-state index in [9.17, 15) is 0 Å². The van der Waals surface area contributed by atoms with Gasteiger partial charge in [-0.15, -0.1) is 0 Å². The van der Waals surface area contributed by atoms with Gasteiger partial charge < -0.3 is 4.74 Å². The fraction of sp³-hybridized carbons (Fsp3) is 0.286. The molecule has 1 unspecified atom stereocenters. The van der Waals surface area contributed by atoms with Crippen LogP contribution in [-0.2, 0) is 10.3 Å². The van der Waals surface area contributed by atoms with E-state index in [0.717, 1.165) is 13.0 Å². The molecule has 1 nitrogen and oxygen atoms in total. The van der Waals surface area contributed by atoms with Crippen LogP contribution in [0.4, 0.5) is 0 Å². The van der Waals surface area contributed by atoms with Gasteiger partial charge in [-0.2, -0.15) is 0 Å². The molecule has 1 fully saturated rings. The summed E-state index contributed by atoms with van der Waals surface area (Å²) in [6, 6.07) is 15.1. The third-order valence-corrected chi connectivity index (χ3v) is 3.34. The monoisotopic (exact) mass is 198 g/mol. The lowest BCUT2D eigenvalue weighted by atomic mass is 9.95. The quantitative estimate of drug-likeness (QED) is 0.673. The first-order chi connectivity index (χ1) is 7.34. The first-order valence-corrected chi connectivity index (χ1v) is 5.47. The lowest BCUT2D eigenvalue weighted by Gasteiger charge is -2.10. The van der Waals surface area contributed by atoms with Crippen LogP contribution in [-0.4, -0.2) is 6.61 Å². The molecule has 3 rings (SSSR count). The summed E-state index contributed by atoms with van der Waals surface area (Å²) < 4.78 is 5.58. The predicted octanol–water partition coefficient (Wildman–Crippen LogP) is 3.48. The standard InChI is InChI=1S/C14H14O/c1-2-14(10-15-14)13-8-7-11-5-3-4-6-12(11)9-13/h3-9H,2,10H2,1H3. The molecule has 1 aliphatic rings. The lowest BCUT2D eigenvalue weighted by molar-refractivity contribution is 0.301. The Hall–Kier alpha value is -1.34. The highest BCUT2D eigenvalue weighted by Crippen LogP contribution is 2.42. The molecular weight excluding hydrogens is 184 g/mol. The molecule has 1 saturated heterocycles. The number of ether oxygens (including phenoxy) is 1. The van der Waals surface area contributed by atoms with Crippen LogP contribution in [0.3, 0.4) is 0 Å². The van der Waals surface area contributed by atoms with Crippen molar-refractivity contribution >= 4 is 10.8 Å². The molecule has 0 radical (unpaired) electrons. The van der Waals surface area contributed by atoms with Crippen molar-refractivity contribution in [3.63, 3.8) is 0 Å². The molecule has 1 heterocycles. The summed E-state index contributed by atoms with van der Waals surface area (Å²) in [5.74, 6) is 0.